The predicted molar refractivity (Wildman–Crippen MR) is 103 cm³/mol. The predicted octanol–water partition coefficient (Wildman–Crippen LogP) is 3.05. The maximum Gasteiger partial charge on any atom is 0.270 e. The van der Waals surface area contributed by atoms with E-state index in [1.807, 2.05) is 18.2 Å². The minimum absolute atomic E-state index is 0.0910. The molecule has 2 heterocycles. The van der Waals surface area contributed by atoms with Crippen LogP contribution >= 0.6 is 0 Å². The van der Waals surface area contributed by atoms with E-state index >= 15 is 0 Å². The van der Waals surface area contributed by atoms with Crippen molar-refractivity contribution in [1.29, 1.82) is 0 Å². The van der Waals surface area contributed by atoms with Crippen molar-refractivity contribution in [2.75, 3.05) is 33.3 Å². The Balaban J connectivity index is 1.43. The van der Waals surface area contributed by atoms with Gasteiger partial charge in [0.1, 0.15) is 11.4 Å². The normalized spacial score (nSPS) is 14.3. The van der Waals surface area contributed by atoms with Gasteiger partial charge in [0, 0.05) is 42.6 Å². The molecule has 1 aliphatic rings. The number of carbonyl (C=O) groups is 2. The Hall–Kier alpha value is -3.42. The first-order valence-electron chi connectivity index (χ1n) is 9.16. The lowest BCUT2D eigenvalue weighted by Crippen LogP contribution is -2.50. The van der Waals surface area contributed by atoms with Crippen LogP contribution in [0.25, 0.3) is 10.9 Å². The third-order valence-corrected chi connectivity index (χ3v) is 5.08. The Labute approximate surface area is 165 Å². The van der Waals surface area contributed by atoms with Crippen LogP contribution in [0.2, 0.25) is 0 Å². The van der Waals surface area contributed by atoms with Gasteiger partial charge < -0.3 is 19.5 Å². The van der Waals surface area contributed by atoms with Gasteiger partial charge >= 0.3 is 0 Å². The molecule has 3 aromatic rings. The second-order valence-electron chi connectivity index (χ2n) is 6.85. The van der Waals surface area contributed by atoms with E-state index in [9.17, 15) is 18.4 Å². The van der Waals surface area contributed by atoms with Gasteiger partial charge in [-0.05, 0) is 42.5 Å². The number of benzene rings is 2. The van der Waals surface area contributed by atoms with Crippen molar-refractivity contribution in [1.82, 2.24) is 14.8 Å². The Kier molecular flexibility index (Phi) is 4.92. The van der Waals surface area contributed by atoms with Crippen molar-refractivity contribution in [3.05, 3.63) is 65.4 Å². The summed E-state index contributed by atoms with van der Waals surface area (Å²) in [6.45, 7) is 1.34. The molecular formula is C21H19F2N3O3. The van der Waals surface area contributed by atoms with Crippen LogP contribution in [0.1, 0.15) is 20.8 Å². The molecule has 1 saturated heterocycles. The molecule has 2 aromatic carbocycles. The quantitative estimate of drug-likeness (QED) is 0.736. The summed E-state index contributed by atoms with van der Waals surface area (Å²) in [5, 5.41) is 0.875. The molecule has 1 aliphatic heterocycles. The summed E-state index contributed by atoms with van der Waals surface area (Å²) in [4.78, 5) is 31.6. The molecule has 4 rings (SSSR count). The van der Waals surface area contributed by atoms with Crippen LogP contribution < -0.4 is 4.74 Å². The number of amides is 2. The third kappa shape index (κ3) is 3.65. The fourth-order valence-electron chi connectivity index (χ4n) is 3.45. The van der Waals surface area contributed by atoms with Crippen LogP contribution in [0.15, 0.2) is 42.5 Å². The number of H-pyrrole nitrogens is 1. The standard InChI is InChI=1S/C21H19F2N3O3/c1-29-15-3-5-18-14(10-15)12-19(24-18)21(28)26-8-6-25(7-9-26)20(27)13-2-4-16(22)17(23)11-13/h2-5,10-12,24H,6-9H2,1H3. The average molecular weight is 399 g/mol. The molecule has 0 aliphatic carbocycles. The summed E-state index contributed by atoms with van der Waals surface area (Å²) >= 11 is 0. The van der Waals surface area contributed by atoms with E-state index in [1.54, 1.807) is 18.1 Å². The SMILES string of the molecule is COc1ccc2[nH]c(C(=O)N3CCN(C(=O)c4ccc(F)c(F)c4)CC3)cc2c1. The molecule has 2 amide bonds. The zero-order valence-electron chi connectivity index (χ0n) is 15.7. The number of methoxy groups -OCH3 is 1. The van der Waals surface area contributed by atoms with Crippen LogP contribution in [-0.4, -0.2) is 59.9 Å². The van der Waals surface area contributed by atoms with Crippen molar-refractivity contribution in [2.45, 2.75) is 0 Å². The molecule has 150 valence electrons. The van der Waals surface area contributed by atoms with Crippen LogP contribution in [0.3, 0.4) is 0 Å². The van der Waals surface area contributed by atoms with Crippen LogP contribution in [0, 0.1) is 11.6 Å². The van der Waals surface area contributed by atoms with Crippen molar-refractivity contribution < 1.29 is 23.1 Å². The smallest absolute Gasteiger partial charge is 0.270 e. The molecule has 0 radical (unpaired) electrons. The maximum absolute atomic E-state index is 13.4. The topological polar surface area (TPSA) is 65.6 Å². The highest BCUT2D eigenvalue weighted by atomic mass is 19.2. The lowest BCUT2D eigenvalue weighted by Gasteiger charge is -2.34. The average Bonchev–Trinajstić information content (AvgIpc) is 3.18. The Morgan fingerprint density at radius 3 is 2.24 bits per heavy atom. The van der Waals surface area contributed by atoms with E-state index in [0.29, 0.717) is 37.6 Å². The van der Waals surface area contributed by atoms with Gasteiger partial charge in [0.25, 0.3) is 11.8 Å². The number of hydrogen-bond donors (Lipinski definition) is 1. The number of nitrogens with zero attached hydrogens (tertiary/aromatic N) is 2. The van der Waals surface area contributed by atoms with Crippen LogP contribution in [0.5, 0.6) is 5.75 Å². The summed E-state index contributed by atoms with van der Waals surface area (Å²) < 4.78 is 31.7. The number of rotatable bonds is 3. The van der Waals surface area contributed by atoms with E-state index < -0.39 is 11.6 Å². The summed E-state index contributed by atoms with van der Waals surface area (Å²) in [5.74, 6) is -1.87. The number of hydrogen-bond acceptors (Lipinski definition) is 3. The van der Waals surface area contributed by atoms with Crippen LogP contribution in [-0.2, 0) is 0 Å². The number of carbonyl (C=O) groups excluding carboxylic acids is 2. The van der Waals surface area contributed by atoms with E-state index in [2.05, 4.69) is 4.98 Å². The number of aromatic amines is 1. The lowest BCUT2D eigenvalue weighted by molar-refractivity contribution is 0.0532. The molecule has 0 saturated carbocycles. The Bertz CT molecular complexity index is 1090. The highest BCUT2D eigenvalue weighted by Gasteiger charge is 2.26. The van der Waals surface area contributed by atoms with Crippen molar-refractivity contribution in [2.24, 2.45) is 0 Å². The fraction of sp³-hybridized carbons (Fsp3) is 0.238. The largest absolute Gasteiger partial charge is 0.497 e. The van der Waals surface area contributed by atoms with E-state index in [0.717, 1.165) is 23.0 Å². The second kappa shape index (κ2) is 7.54. The first kappa shape index (κ1) is 18.9. The van der Waals surface area contributed by atoms with Crippen molar-refractivity contribution >= 4 is 22.7 Å². The molecule has 29 heavy (non-hydrogen) atoms. The van der Waals surface area contributed by atoms with Gasteiger partial charge in [0.15, 0.2) is 11.6 Å². The molecule has 1 aromatic heterocycles. The second-order valence-corrected chi connectivity index (χ2v) is 6.85. The van der Waals surface area contributed by atoms with Crippen molar-refractivity contribution in [3.8, 4) is 5.75 Å². The maximum atomic E-state index is 13.4. The molecule has 0 atom stereocenters. The third-order valence-electron chi connectivity index (χ3n) is 5.08. The number of ether oxygens (including phenoxy) is 1. The van der Waals surface area contributed by atoms with Gasteiger partial charge in [-0.1, -0.05) is 0 Å². The lowest BCUT2D eigenvalue weighted by atomic mass is 10.1. The van der Waals surface area contributed by atoms with Gasteiger partial charge in [-0.25, -0.2) is 8.78 Å². The number of piperazine rings is 1. The minimum Gasteiger partial charge on any atom is -0.497 e. The van der Waals surface area contributed by atoms with E-state index in [4.69, 9.17) is 4.74 Å². The van der Waals surface area contributed by atoms with Gasteiger partial charge in [0.2, 0.25) is 0 Å². The molecule has 0 unspecified atom stereocenters. The molecule has 6 nitrogen and oxygen atoms in total. The van der Waals surface area contributed by atoms with Crippen molar-refractivity contribution in [3.63, 3.8) is 0 Å². The van der Waals surface area contributed by atoms with Gasteiger partial charge in [-0.3, -0.25) is 9.59 Å². The summed E-state index contributed by atoms with van der Waals surface area (Å²) in [6, 6.07) is 10.4. The minimum atomic E-state index is -1.06. The highest BCUT2D eigenvalue weighted by Crippen LogP contribution is 2.22. The highest BCUT2D eigenvalue weighted by molar-refractivity contribution is 5.99. The number of fused-ring (bicyclic) bond motifs is 1. The number of halogens is 2. The molecule has 0 bridgehead atoms. The van der Waals surface area contributed by atoms with Gasteiger partial charge in [0.05, 0.1) is 7.11 Å². The summed E-state index contributed by atoms with van der Waals surface area (Å²) in [7, 11) is 1.58. The zero-order valence-corrected chi connectivity index (χ0v) is 15.7. The number of nitrogens with one attached hydrogen (secondary N) is 1. The Morgan fingerprint density at radius 1 is 0.897 bits per heavy atom. The molecule has 0 spiro atoms. The van der Waals surface area contributed by atoms with E-state index in [-0.39, 0.29) is 17.4 Å². The summed E-state index contributed by atoms with van der Waals surface area (Å²) in [6.07, 6.45) is 0. The first-order chi connectivity index (χ1) is 14.0. The fourth-order valence-corrected chi connectivity index (χ4v) is 3.45. The molecular weight excluding hydrogens is 380 g/mol. The monoisotopic (exact) mass is 399 g/mol. The zero-order chi connectivity index (χ0) is 20.5. The molecule has 1 fully saturated rings. The number of aromatic nitrogens is 1. The summed E-state index contributed by atoms with van der Waals surface area (Å²) in [5.41, 5.74) is 1.39. The first-order valence-corrected chi connectivity index (χ1v) is 9.16. The molecule has 1 N–H and O–H groups in total. The Morgan fingerprint density at radius 2 is 1.59 bits per heavy atom. The van der Waals surface area contributed by atoms with Gasteiger partial charge in [-0.15, -0.1) is 0 Å². The molecule has 8 heteroatoms. The van der Waals surface area contributed by atoms with E-state index in [1.165, 1.54) is 11.0 Å². The van der Waals surface area contributed by atoms with Gasteiger partial charge in [-0.2, -0.15) is 0 Å². The van der Waals surface area contributed by atoms with Crippen LogP contribution in [0.4, 0.5) is 8.78 Å².